The first kappa shape index (κ1) is 9.02. The van der Waals surface area contributed by atoms with Crippen LogP contribution in [0.5, 0.6) is 0 Å². The van der Waals surface area contributed by atoms with Gasteiger partial charge in [0, 0.05) is 6.04 Å². The summed E-state index contributed by atoms with van der Waals surface area (Å²) in [6, 6.07) is 0.607. The van der Waals surface area contributed by atoms with Crippen molar-refractivity contribution in [1.82, 2.24) is 14.8 Å². The van der Waals surface area contributed by atoms with E-state index in [-0.39, 0.29) is 0 Å². The summed E-state index contributed by atoms with van der Waals surface area (Å²) < 4.78 is 2.20. The molecule has 0 radical (unpaired) electrons. The molecule has 0 aromatic carbocycles. The van der Waals surface area contributed by atoms with Crippen LogP contribution in [0.1, 0.15) is 31.1 Å². The lowest BCUT2D eigenvalue weighted by Crippen LogP contribution is -2.21. The number of hydrogen-bond donors (Lipinski definition) is 1. The van der Waals surface area contributed by atoms with Crippen LogP contribution in [0.4, 0.5) is 0 Å². The minimum absolute atomic E-state index is 0.490. The Morgan fingerprint density at radius 2 is 2.31 bits per heavy atom. The number of nitrogens with zero attached hydrogens (tertiary/aromatic N) is 3. The molecule has 5 heteroatoms. The Hall–Kier alpha value is -0.550. The molecule has 0 saturated heterocycles. The molecule has 1 saturated carbocycles. The fourth-order valence-electron chi connectivity index (χ4n) is 1.60. The van der Waals surface area contributed by atoms with Gasteiger partial charge in [0.15, 0.2) is 5.16 Å². The summed E-state index contributed by atoms with van der Waals surface area (Å²) in [6.45, 7) is 0.490. The molecule has 1 aromatic heterocycles. The molecule has 2 N–H and O–H groups in total. The van der Waals surface area contributed by atoms with Gasteiger partial charge in [0.25, 0.3) is 0 Å². The molecule has 0 bridgehead atoms. The molecule has 1 aliphatic carbocycles. The maximum Gasteiger partial charge on any atom is 0.191 e. The zero-order valence-corrected chi connectivity index (χ0v) is 8.55. The number of aromatic nitrogens is 3. The summed E-state index contributed by atoms with van der Waals surface area (Å²) in [6.07, 6.45) is 5.84. The third-order valence-corrected chi connectivity index (χ3v) is 3.18. The molecule has 0 amide bonds. The summed E-state index contributed by atoms with van der Waals surface area (Å²) in [7, 11) is 0. The zero-order valence-electron chi connectivity index (χ0n) is 7.73. The minimum atomic E-state index is 0.490. The highest BCUT2D eigenvalue weighted by atomic mass is 32.2. The first-order valence-electron chi connectivity index (χ1n) is 4.54. The van der Waals surface area contributed by atoms with Gasteiger partial charge in [-0.2, -0.15) is 0 Å². The van der Waals surface area contributed by atoms with Crippen molar-refractivity contribution >= 4 is 11.8 Å². The Bertz CT molecular complexity index is 271. The quantitative estimate of drug-likeness (QED) is 0.741. The second kappa shape index (κ2) is 3.67. The van der Waals surface area contributed by atoms with Crippen LogP contribution in [0.2, 0.25) is 0 Å². The maximum absolute atomic E-state index is 5.60. The molecule has 1 aliphatic rings. The predicted molar refractivity (Wildman–Crippen MR) is 52.6 cm³/mol. The monoisotopic (exact) mass is 198 g/mol. The van der Waals surface area contributed by atoms with Gasteiger partial charge in [0.2, 0.25) is 0 Å². The average molecular weight is 198 g/mol. The van der Waals surface area contributed by atoms with Gasteiger partial charge in [-0.25, -0.2) is 0 Å². The standard InChI is InChI=1S/C8H14N4S/c1-13-8-11-10-7(5-9)12(8)6-3-2-4-6/h6H,2-5,9H2,1H3. The van der Waals surface area contributed by atoms with Crippen LogP contribution in [-0.2, 0) is 6.54 Å². The van der Waals surface area contributed by atoms with Gasteiger partial charge in [-0.15, -0.1) is 10.2 Å². The largest absolute Gasteiger partial charge is 0.324 e. The fraction of sp³-hybridized carbons (Fsp3) is 0.750. The van der Waals surface area contributed by atoms with Crippen molar-refractivity contribution in [2.45, 2.75) is 37.0 Å². The van der Waals surface area contributed by atoms with Crippen molar-refractivity contribution in [1.29, 1.82) is 0 Å². The number of hydrogen-bond acceptors (Lipinski definition) is 4. The van der Waals surface area contributed by atoms with E-state index in [1.165, 1.54) is 19.3 Å². The highest BCUT2D eigenvalue weighted by molar-refractivity contribution is 7.98. The maximum atomic E-state index is 5.60. The lowest BCUT2D eigenvalue weighted by molar-refractivity contribution is 0.289. The van der Waals surface area contributed by atoms with Gasteiger partial charge in [0.05, 0.1) is 6.54 Å². The van der Waals surface area contributed by atoms with Crippen LogP contribution in [0.25, 0.3) is 0 Å². The Kier molecular flexibility index (Phi) is 2.55. The summed E-state index contributed by atoms with van der Waals surface area (Å²) in [5, 5.41) is 9.18. The van der Waals surface area contributed by atoms with E-state index >= 15 is 0 Å². The Labute approximate surface area is 81.9 Å². The van der Waals surface area contributed by atoms with Gasteiger partial charge in [-0.3, -0.25) is 0 Å². The second-order valence-corrected chi connectivity index (χ2v) is 4.04. The SMILES string of the molecule is CSc1nnc(CN)n1C1CCC1. The molecule has 1 heterocycles. The molecule has 1 fully saturated rings. The minimum Gasteiger partial charge on any atom is -0.324 e. The van der Waals surface area contributed by atoms with Gasteiger partial charge in [-0.1, -0.05) is 11.8 Å². The smallest absolute Gasteiger partial charge is 0.191 e. The van der Waals surface area contributed by atoms with Crippen molar-refractivity contribution in [3.05, 3.63) is 5.82 Å². The van der Waals surface area contributed by atoms with Crippen LogP contribution >= 0.6 is 11.8 Å². The van der Waals surface area contributed by atoms with Gasteiger partial charge < -0.3 is 10.3 Å². The van der Waals surface area contributed by atoms with E-state index in [1.807, 2.05) is 6.26 Å². The van der Waals surface area contributed by atoms with Crippen LogP contribution in [0.15, 0.2) is 5.16 Å². The first-order valence-corrected chi connectivity index (χ1v) is 5.77. The lowest BCUT2D eigenvalue weighted by atomic mass is 9.93. The second-order valence-electron chi connectivity index (χ2n) is 3.26. The van der Waals surface area contributed by atoms with Gasteiger partial charge >= 0.3 is 0 Å². The summed E-state index contributed by atoms with van der Waals surface area (Å²) in [5.41, 5.74) is 5.60. The zero-order chi connectivity index (χ0) is 9.26. The van der Waals surface area contributed by atoms with Crippen molar-refractivity contribution < 1.29 is 0 Å². The van der Waals surface area contributed by atoms with E-state index in [0.29, 0.717) is 12.6 Å². The molecule has 72 valence electrons. The highest BCUT2D eigenvalue weighted by Crippen LogP contribution is 2.34. The van der Waals surface area contributed by atoms with Gasteiger partial charge in [-0.05, 0) is 25.5 Å². The highest BCUT2D eigenvalue weighted by Gasteiger charge is 2.24. The van der Waals surface area contributed by atoms with E-state index in [9.17, 15) is 0 Å². The Balaban J connectivity index is 2.31. The fourth-order valence-corrected chi connectivity index (χ4v) is 2.17. The summed E-state index contributed by atoms with van der Waals surface area (Å²) >= 11 is 1.64. The Morgan fingerprint density at radius 1 is 1.54 bits per heavy atom. The molecular formula is C8H14N4S. The summed E-state index contributed by atoms with van der Waals surface area (Å²) in [5.74, 6) is 0.925. The number of nitrogens with two attached hydrogens (primary N) is 1. The topological polar surface area (TPSA) is 56.7 Å². The molecule has 0 aliphatic heterocycles. The average Bonchev–Trinajstić information content (AvgIpc) is 2.45. The number of thioether (sulfide) groups is 1. The molecule has 0 atom stereocenters. The Morgan fingerprint density at radius 3 is 2.77 bits per heavy atom. The molecule has 2 rings (SSSR count). The first-order chi connectivity index (χ1) is 6.36. The van der Waals surface area contributed by atoms with E-state index in [1.54, 1.807) is 11.8 Å². The molecule has 13 heavy (non-hydrogen) atoms. The molecule has 1 aromatic rings. The van der Waals surface area contributed by atoms with Gasteiger partial charge in [0.1, 0.15) is 5.82 Å². The van der Waals surface area contributed by atoms with Crippen molar-refractivity contribution in [2.24, 2.45) is 5.73 Å². The predicted octanol–water partition coefficient (Wildman–Crippen LogP) is 1.18. The van der Waals surface area contributed by atoms with E-state index < -0.39 is 0 Å². The molecular weight excluding hydrogens is 184 g/mol. The molecule has 0 spiro atoms. The van der Waals surface area contributed by atoms with Crippen molar-refractivity contribution in [3.63, 3.8) is 0 Å². The molecule has 0 unspecified atom stereocenters. The van der Waals surface area contributed by atoms with Crippen LogP contribution in [-0.4, -0.2) is 21.0 Å². The van der Waals surface area contributed by atoms with Crippen LogP contribution in [0.3, 0.4) is 0 Å². The van der Waals surface area contributed by atoms with Crippen LogP contribution < -0.4 is 5.73 Å². The van der Waals surface area contributed by atoms with Crippen molar-refractivity contribution in [2.75, 3.05) is 6.26 Å². The number of rotatable bonds is 3. The van der Waals surface area contributed by atoms with E-state index in [2.05, 4.69) is 14.8 Å². The molecule has 4 nitrogen and oxygen atoms in total. The van der Waals surface area contributed by atoms with E-state index in [4.69, 9.17) is 5.73 Å². The third kappa shape index (κ3) is 1.46. The third-order valence-electron chi connectivity index (χ3n) is 2.54. The van der Waals surface area contributed by atoms with E-state index in [0.717, 1.165) is 11.0 Å². The van der Waals surface area contributed by atoms with Crippen molar-refractivity contribution in [3.8, 4) is 0 Å². The lowest BCUT2D eigenvalue weighted by Gasteiger charge is -2.28. The normalized spacial score (nSPS) is 17.4. The summed E-state index contributed by atoms with van der Waals surface area (Å²) in [4.78, 5) is 0. The van der Waals surface area contributed by atoms with Crippen LogP contribution in [0, 0.1) is 0 Å².